The van der Waals surface area contributed by atoms with Crippen molar-refractivity contribution < 1.29 is 4.79 Å². The van der Waals surface area contributed by atoms with Crippen molar-refractivity contribution in [3.63, 3.8) is 0 Å². The van der Waals surface area contributed by atoms with Crippen molar-refractivity contribution in [2.24, 2.45) is 0 Å². The maximum absolute atomic E-state index is 12.2. The van der Waals surface area contributed by atoms with E-state index in [9.17, 15) is 4.79 Å². The predicted molar refractivity (Wildman–Crippen MR) is 69.5 cm³/mol. The summed E-state index contributed by atoms with van der Waals surface area (Å²) in [5, 5.41) is 0.555. The summed E-state index contributed by atoms with van der Waals surface area (Å²) in [5.41, 5.74) is 0.868. The van der Waals surface area contributed by atoms with Gasteiger partial charge < -0.3 is 4.90 Å². The lowest BCUT2D eigenvalue weighted by molar-refractivity contribution is -0.117. The molecular weight excluding hydrogens is 240 g/mol. The maximum atomic E-state index is 12.2. The Balaban J connectivity index is 1.98. The number of hydrogen-bond acceptors (Lipinski definition) is 3. The van der Waals surface area contributed by atoms with Crippen LogP contribution in [0.1, 0.15) is 0 Å². The minimum Gasteiger partial charge on any atom is -0.327 e. The molecule has 1 unspecified atom stereocenters. The van der Waals surface area contributed by atoms with Crippen molar-refractivity contribution in [2.45, 2.75) is 5.37 Å². The second kappa shape index (κ2) is 3.75. The van der Waals surface area contributed by atoms with Gasteiger partial charge in [0.15, 0.2) is 10.5 Å². The molecule has 82 valence electrons. The van der Waals surface area contributed by atoms with Gasteiger partial charge in [0, 0.05) is 12.3 Å². The van der Waals surface area contributed by atoms with Gasteiger partial charge in [-0.1, -0.05) is 18.2 Å². The first-order valence-electron chi connectivity index (χ1n) is 5.10. The fourth-order valence-electron chi connectivity index (χ4n) is 2.02. The highest BCUT2D eigenvalue weighted by molar-refractivity contribution is 8.01. The summed E-state index contributed by atoms with van der Waals surface area (Å²) >= 11 is 7.03. The Hall–Kier alpha value is -1.07. The van der Waals surface area contributed by atoms with Gasteiger partial charge in [-0.25, -0.2) is 0 Å². The summed E-state index contributed by atoms with van der Waals surface area (Å²) < 4.78 is 0. The van der Waals surface area contributed by atoms with Gasteiger partial charge in [-0.3, -0.25) is 9.69 Å². The zero-order valence-corrected chi connectivity index (χ0v) is 10.1. The number of hydrogen-bond donors (Lipinski definition) is 0. The van der Waals surface area contributed by atoms with Gasteiger partial charge in [-0.2, -0.15) is 0 Å². The van der Waals surface area contributed by atoms with Crippen molar-refractivity contribution in [3.05, 3.63) is 30.3 Å². The molecule has 2 aliphatic rings. The minimum absolute atomic E-state index is 0.0901. The van der Waals surface area contributed by atoms with Crippen molar-refractivity contribution in [1.29, 1.82) is 0 Å². The van der Waals surface area contributed by atoms with Crippen LogP contribution >= 0.6 is 24.0 Å². The molecule has 1 atom stereocenters. The Morgan fingerprint density at radius 1 is 1.31 bits per heavy atom. The molecule has 5 heteroatoms. The van der Waals surface area contributed by atoms with E-state index in [1.54, 1.807) is 16.7 Å². The smallest absolute Gasteiger partial charge is 0.266 e. The zero-order chi connectivity index (χ0) is 11.1. The molecule has 2 saturated heterocycles. The van der Waals surface area contributed by atoms with E-state index in [-0.39, 0.29) is 11.3 Å². The first kappa shape index (κ1) is 10.1. The van der Waals surface area contributed by atoms with Crippen LogP contribution < -0.4 is 4.90 Å². The Kier molecular flexibility index (Phi) is 2.37. The quantitative estimate of drug-likeness (QED) is 0.708. The average molecular weight is 250 g/mol. The van der Waals surface area contributed by atoms with E-state index in [0.29, 0.717) is 5.11 Å². The number of nitrogens with zero attached hydrogens (tertiary/aromatic N) is 2. The molecular formula is C11H10N2OS2. The summed E-state index contributed by atoms with van der Waals surface area (Å²) in [5.74, 6) is 1.08. The number of rotatable bonds is 1. The van der Waals surface area contributed by atoms with Crippen LogP contribution in [0.2, 0.25) is 0 Å². The number of thiocarbonyl (C=S) groups is 1. The molecule has 3 rings (SSSR count). The molecule has 0 spiro atoms. The van der Waals surface area contributed by atoms with Crippen LogP contribution in [0.25, 0.3) is 0 Å². The SMILES string of the molecule is O=C1C2SCCN2C(=S)N1c1ccccc1. The standard InChI is InChI=1S/C11H10N2OS2/c14-9-10-12(6-7-16-10)11(15)13(9)8-4-2-1-3-5-8/h1-5,10H,6-7H2. The Bertz CT molecular complexity index is 427. The van der Waals surface area contributed by atoms with Crippen molar-refractivity contribution in [2.75, 3.05) is 17.2 Å². The monoisotopic (exact) mass is 250 g/mol. The molecule has 1 aromatic carbocycles. The van der Waals surface area contributed by atoms with Gasteiger partial charge in [-0.05, 0) is 24.4 Å². The van der Waals surface area contributed by atoms with Gasteiger partial charge in [0.25, 0.3) is 5.91 Å². The van der Waals surface area contributed by atoms with E-state index in [2.05, 4.69) is 0 Å². The van der Waals surface area contributed by atoms with Gasteiger partial charge in [0.05, 0.1) is 5.69 Å². The third-order valence-electron chi connectivity index (χ3n) is 2.77. The molecule has 0 saturated carbocycles. The number of para-hydroxylation sites is 1. The molecule has 3 nitrogen and oxygen atoms in total. The number of benzene rings is 1. The lowest BCUT2D eigenvalue weighted by Crippen LogP contribution is -2.33. The fraction of sp³-hybridized carbons (Fsp3) is 0.273. The lowest BCUT2D eigenvalue weighted by Gasteiger charge is -2.18. The summed E-state index contributed by atoms with van der Waals surface area (Å²) in [6, 6.07) is 9.60. The molecule has 0 bridgehead atoms. The molecule has 2 heterocycles. The van der Waals surface area contributed by atoms with Crippen LogP contribution in [-0.4, -0.2) is 33.6 Å². The Morgan fingerprint density at radius 3 is 2.75 bits per heavy atom. The lowest BCUT2D eigenvalue weighted by atomic mass is 10.3. The van der Waals surface area contributed by atoms with Crippen molar-refractivity contribution >= 4 is 40.7 Å². The number of anilines is 1. The molecule has 0 aliphatic carbocycles. The number of carbonyl (C=O) groups is 1. The number of amides is 1. The van der Waals surface area contributed by atoms with Crippen LogP contribution in [0, 0.1) is 0 Å². The summed E-state index contributed by atoms with van der Waals surface area (Å²) in [6.07, 6.45) is 0. The van der Waals surface area contributed by atoms with Gasteiger partial charge in [-0.15, -0.1) is 11.8 Å². The van der Waals surface area contributed by atoms with Crippen LogP contribution in [-0.2, 0) is 4.79 Å². The highest BCUT2D eigenvalue weighted by atomic mass is 32.2. The summed E-state index contributed by atoms with van der Waals surface area (Å²) in [4.78, 5) is 15.8. The van der Waals surface area contributed by atoms with Gasteiger partial charge in [0.1, 0.15) is 0 Å². The third-order valence-corrected chi connectivity index (χ3v) is 4.38. The first-order valence-corrected chi connectivity index (χ1v) is 6.56. The van der Waals surface area contributed by atoms with Crippen LogP contribution in [0.4, 0.5) is 5.69 Å². The first-order chi connectivity index (χ1) is 7.79. The van der Waals surface area contributed by atoms with E-state index in [4.69, 9.17) is 12.2 Å². The van der Waals surface area contributed by atoms with Crippen LogP contribution in [0.3, 0.4) is 0 Å². The molecule has 1 aromatic rings. The topological polar surface area (TPSA) is 23.6 Å². The summed E-state index contributed by atoms with van der Waals surface area (Å²) in [7, 11) is 0. The molecule has 0 N–H and O–H groups in total. The number of thioether (sulfide) groups is 1. The second-order valence-corrected chi connectivity index (χ2v) is 5.26. The molecule has 1 amide bonds. The Labute approximate surface area is 103 Å². The highest BCUT2D eigenvalue weighted by Gasteiger charge is 2.46. The number of fused-ring (bicyclic) bond motifs is 1. The van der Waals surface area contributed by atoms with E-state index >= 15 is 0 Å². The molecule has 0 aromatic heterocycles. The predicted octanol–water partition coefficient (Wildman–Crippen LogP) is 1.69. The van der Waals surface area contributed by atoms with Crippen molar-refractivity contribution in [1.82, 2.24) is 4.90 Å². The van der Waals surface area contributed by atoms with Gasteiger partial charge >= 0.3 is 0 Å². The minimum atomic E-state index is -0.0901. The molecule has 2 aliphatic heterocycles. The number of carbonyl (C=O) groups excluding carboxylic acids is 1. The van der Waals surface area contributed by atoms with E-state index in [0.717, 1.165) is 18.0 Å². The van der Waals surface area contributed by atoms with E-state index in [1.807, 2.05) is 35.2 Å². The normalized spacial score (nSPS) is 24.1. The average Bonchev–Trinajstić information content (AvgIpc) is 2.86. The van der Waals surface area contributed by atoms with E-state index < -0.39 is 0 Å². The van der Waals surface area contributed by atoms with Crippen molar-refractivity contribution in [3.8, 4) is 0 Å². The second-order valence-electron chi connectivity index (χ2n) is 3.71. The van der Waals surface area contributed by atoms with Gasteiger partial charge in [0.2, 0.25) is 0 Å². The van der Waals surface area contributed by atoms with Crippen LogP contribution in [0.15, 0.2) is 30.3 Å². The largest absolute Gasteiger partial charge is 0.327 e. The molecule has 16 heavy (non-hydrogen) atoms. The fourth-order valence-corrected chi connectivity index (χ4v) is 3.64. The van der Waals surface area contributed by atoms with Crippen LogP contribution in [0.5, 0.6) is 0 Å². The summed E-state index contributed by atoms with van der Waals surface area (Å²) in [6.45, 7) is 0.878. The zero-order valence-electron chi connectivity index (χ0n) is 8.50. The molecule has 2 fully saturated rings. The Morgan fingerprint density at radius 2 is 2.06 bits per heavy atom. The van der Waals surface area contributed by atoms with E-state index in [1.165, 1.54) is 0 Å². The highest BCUT2D eigenvalue weighted by Crippen LogP contribution is 2.34. The third kappa shape index (κ3) is 1.35. The molecule has 0 radical (unpaired) electrons. The maximum Gasteiger partial charge on any atom is 0.266 e.